The van der Waals surface area contributed by atoms with E-state index in [0.717, 1.165) is 12.0 Å². The van der Waals surface area contributed by atoms with E-state index in [2.05, 4.69) is 12.2 Å². The molecule has 1 atom stereocenters. The molecule has 0 fully saturated rings. The van der Waals surface area contributed by atoms with Gasteiger partial charge in [-0.1, -0.05) is 42.5 Å². The van der Waals surface area contributed by atoms with Crippen LogP contribution in [0, 0.1) is 10.1 Å². The molecule has 0 bridgehead atoms. The molecule has 0 aliphatic heterocycles. The molecular formula is C17H18N2O5S. The second kappa shape index (κ2) is 8.39. The van der Waals surface area contributed by atoms with Gasteiger partial charge in [0.2, 0.25) is 0 Å². The van der Waals surface area contributed by atoms with Crippen molar-refractivity contribution >= 4 is 28.2 Å². The Morgan fingerprint density at radius 1 is 1.24 bits per heavy atom. The highest BCUT2D eigenvalue weighted by molar-refractivity contribution is 7.17. The zero-order chi connectivity index (χ0) is 18.4. The molecule has 2 aromatic rings. The van der Waals surface area contributed by atoms with Crippen LogP contribution < -0.4 is 5.32 Å². The summed E-state index contributed by atoms with van der Waals surface area (Å²) in [6, 6.07) is 10.2. The maximum atomic E-state index is 11.9. The van der Waals surface area contributed by atoms with E-state index in [1.54, 1.807) is 0 Å². The fraction of sp³-hybridized carbons (Fsp3) is 0.294. The van der Waals surface area contributed by atoms with Gasteiger partial charge in [0.25, 0.3) is 5.91 Å². The molecule has 0 unspecified atom stereocenters. The second-order valence-corrected chi connectivity index (χ2v) is 6.42. The van der Waals surface area contributed by atoms with Gasteiger partial charge < -0.3 is 10.1 Å². The maximum Gasteiger partial charge on any atom is 0.349 e. The lowest BCUT2D eigenvalue weighted by molar-refractivity contribution is -0.380. The minimum absolute atomic E-state index is 0.0858. The van der Waals surface area contributed by atoms with Gasteiger partial charge in [0.15, 0.2) is 6.61 Å². The molecule has 0 spiro atoms. The first-order valence-electron chi connectivity index (χ1n) is 7.70. The third-order valence-corrected chi connectivity index (χ3v) is 4.59. The molecule has 7 nitrogen and oxygen atoms in total. The zero-order valence-electron chi connectivity index (χ0n) is 13.9. The Labute approximate surface area is 148 Å². The molecule has 0 saturated carbocycles. The number of amides is 1. The molecule has 1 amide bonds. The predicted molar refractivity (Wildman–Crippen MR) is 93.6 cm³/mol. The van der Waals surface area contributed by atoms with Gasteiger partial charge in [-0.3, -0.25) is 14.9 Å². The first-order chi connectivity index (χ1) is 11.9. The van der Waals surface area contributed by atoms with E-state index in [0.29, 0.717) is 11.3 Å². The van der Waals surface area contributed by atoms with Crippen LogP contribution in [0.15, 0.2) is 36.4 Å². The first-order valence-corrected chi connectivity index (χ1v) is 8.52. The van der Waals surface area contributed by atoms with Crippen LogP contribution in [0.4, 0.5) is 5.00 Å². The van der Waals surface area contributed by atoms with Gasteiger partial charge in [0.05, 0.1) is 11.0 Å². The molecular weight excluding hydrogens is 344 g/mol. The third-order valence-electron chi connectivity index (χ3n) is 3.57. The monoisotopic (exact) mass is 362 g/mol. The number of hydrogen-bond donors (Lipinski definition) is 1. The van der Waals surface area contributed by atoms with E-state index in [-0.39, 0.29) is 15.9 Å². The van der Waals surface area contributed by atoms with Crippen molar-refractivity contribution in [2.45, 2.75) is 26.3 Å². The fourth-order valence-electron chi connectivity index (χ4n) is 2.15. The van der Waals surface area contributed by atoms with Gasteiger partial charge in [0, 0.05) is 6.07 Å². The summed E-state index contributed by atoms with van der Waals surface area (Å²) in [5, 5.41) is 13.2. The molecule has 0 aliphatic rings. The average Bonchev–Trinajstić information content (AvgIpc) is 3.10. The number of nitro groups is 1. The van der Waals surface area contributed by atoms with Crippen LogP contribution in [0.2, 0.25) is 0 Å². The second-order valence-electron chi connectivity index (χ2n) is 5.36. The van der Waals surface area contributed by atoms with E-state index in [1.807, 2.05) is 31.2 Å². The van der Waals surface area contributed by atoms with Crippen molar-refractivity contribution in [3.05, 3.63) is 62.5 Å². The zero-order valence-corrected chi connectivity index (χ0v) is 14.7. The molecule has 2 rings (SSSR count). The summed E-state index contributed by atoms with van der Waals surface area (Å²) >= 11 is 0.710. The lowest BCUT2D eigenvalue weighted by atomic mass is 10.1. The molecule has 0 radical (unpaired) electrons. The summed E-state index contributed by atoms with van der Waals surface area (Å²) in [5.74, 6) is -1.19. The summed E-state index contributed by atoms with van der Waals surface area (Å²) in [4.78, 5) is 33.8. The van der Waals surface area contributed by atoms with Gasteiger partial charge in [0.1, 0.15) is 4.88 Å². The molecule has 8 heteroatoms. The van der Waals surface area contributed by atoms with Crippen LogP contribution in [0.1, 0.15) is 40.7 Å². The van der Waals surface area contributed by atoms with Crippen molar-refractivity contribution in [3.63, 3.8) is 0 Å². The average molecular weight is 362 g/mol. The van der Waals surface area contributed by atoms with Crippen LogP contribution >= 0.6 is 11.3 Å². The molecule has 0 saturated heterocycles. The predicted octanol–water partition coefficient (Wildman–Crippen LogP) is 3.25. The standard InChI is InChI=1S/C17H18N2O5S/c1-3-12-4-6-13(7-5-12)11(2)18-15(20)10-24-17(21)14-8-9-16(25-14)19(22)23/h4-9,11H,3,10H2,1-2H3,(H,18,20)/t11-/m0/s1. The molecule has 132 valence electrons. The third kappa shape index (κ3) is 5.12. The molecule has 1 aromatic heterocycles. The summed E-state index contributed by atoms with van der Waals surface area (Å²) in [5.41, 5.74) is 2.16. The van der Waals surface area contributed by atoms with Crippen molar-refractivity contribution in [1.29, 1.82) is 0 Å². The van der Waals surface area contributed by atoms with Crippen molar-refractivity contribution in [2.75, 3.05) is 6.61 Å². The van der Waals surface area contributed by atoms with Gasteiger partial charge in [-0.25, -0.2) is 4.79 Å². The number of carbonyl (C=O) groups excluding carboxylic acids is 2. The first kappa shape index (κ1) is 18.6. The minimum Gasteiger partial charge on any atom is -0.451 e. The number of nitrogens with zero attached hydrogens (tertiary/aromatic N) is 1. The van der Waals surface area contributed by atoms with Gasteiger partial charge >= 0.3 is 11.0 Å². The van der Waals surface area contributed by atoms with Gasteiger partial charge in [-0.15, -0.1) is 0 Å². The van der Waals surface area contributed by atoms with E-state index in [1.165, 1.54) is 17.7 Å². The summed E-state index contributed by atoms with van der Waals surface area (Å²) in [7, 11) is 0. The van der Waals surface area contributed by atoms with E-state index >= 15 is 0 Å². The minimum atomic E-state index is -0.756. The van der Waals surface area contributed by atoms with E-state index < -0.39 is 23.4 Å². The number of carbonyl (C=O) groups is 2. The summed E-state index contributed by atoms with van der Waals surface area (Å²) in [6.07, 6.45) is 0.942. The lowest BCUT2D eigenvalue weighted by Crippen LogP contribution is -2.31. The SMILES string of the molecule is CCc1ccc([C@H](C)NC(=O)COC(=O)c2ccc([N+](=O)[O-])s2)cc1. The van der Waals surface area contributed by atoms with Crippen molar-refractivity contribution < 1.29 is 19.2 Å². The molecule has 1 N–H and O–H groups in total. The topological polar surface area (TPSA) is 98.5 Å². The fourth-order valence-corrected chi connectivity index (χ4v) is 2.86. The Hall–Kier alpha value is -2.74. The lowest BCUT2D eigenvalue weighted by Gasteiger charge is -2.14. The van der Waals surface area contributed by atoms with Crippen LogP contribution in [0.5, 0.6) is 0 Å². The van der Waals surface area contributed by atoms with Gasteiger partial charge in [-0.2, -0.15) is 0 Å². The molecule has 0 aliphatic carbocycles. The molecule has 1 heterocycles. The van der Waals surface area contributed by atoms with E-state index in [4.69, 9.17) is 4.74 Å². The smallest absolute Gasteiger partial charge is 0.349 e. The maximum absolute atomic E-state index is 11.9. The Morgan fingerprint density at radius 2 is 1.92 bits per heavy atom. The number of aryl methyl sites for hydroxylation is 1. The van der Waals surface area contributed by atoms with E-state index in [9.17, 15) is 19.7 Å². The van der Waals surface area contributed by atoms with Crippen LogP contribution in [-0.4, -0.2) is 23.4 Å². The van der Waals surface area contributed by atoms with Gasteiger partial charge in [-0.05, 0) is 30.5 Å². The van der Waals surface area contributed by atoms with Crippen LogP contribution in [-0.2, 0) is 16.0 Å². The molecule has 1 aromatic carbocycles. The highest BCUT2D eigenvalue weighted by Gasteiger charge is 2.18. The Balaban J connectivity index is 1.84. The number of hydrogen-bond acceptors (Lipinski definition) is 6. The highest BCUT2D eigenvalue weighted by Crippen LogP contribution is 2.24. The highest BCUT2D eigenvalue weighted by atomic mass is 32.1. The number of rotatable bonds is 7. The number of benzene rings is 1. The number of ether oxygens (including phenoxy) is 1. The Bertz CT molecular complexity index is 770. The van der Waals surface area contributed by atoms with Crippen LogP contribution in [0.25, 0.3) is 0 Å². The van der Waals surface area contributed by atoms with Crippen molar-refractivity contribution in [3.8, 4) is 0 Å². The Kier molecular flexibility index (Phi) is 6.24. The largest absolute Gasteiger partial charge is 0.451 e. The normalized spacial score (nSPS) is 11.6. The van der Waals surface area contributed by atoms with Crippen LogP contribution in [0.3, 0.4) is 0 Å². The molecule has 25 heavy (non-hydrogen) atoms. The summed E-state index contributed by atoms with van der Waals surface area (Å²) < 4.78 is 4.89. The number of thiophene rings is 1. The quantitative estimate of drug-likeness (QED) is 0.463. The van der Waals surface area contributed by atoms with Crippen molar-refractivity contribution in [2.24, 2.45) is 0 Å². The number of esters is 1. The number of nitrogens with one attached hydrogen (secondary N) is 1. The summed E-state index contributed by atoms with van der Waals surface area (Å²) in [6.45, 7) is 3.46. The Morgan fingerprint density at radius 3 is 2.48 bits per heavy atom. The van der Waals surface area contributed by atoms with Crippen molar-refractivity contribution in [1.82, 2.24) is 5.32 Å².